The molecule has 0 radical (unpaired) electrons. The molecule has 11 heteroatoms. The van der Waals surface area contributed by atoms with Gasteiger partial charge in [-0.3, -0.25) is 9.59 Å². The van der Waals surface area contributed by atoms with Crippen LogP contribution in [0.25, 0.3) is 0 Å². The largest absolute Gasteiger partial charge is 0.480 e. The summed E-state index contributed by atoms with van der Waals surface area (Å²) < 4.78 is 76.7. The van der Waals surface area contributed by atoms with Crippen molar-refractivity contribution in [3.8, 4) is 0 Å². The molecule has 0 aliphatic rings. The molecule has 0 aliphatic carbocycles. The minimum atomic E-state index is -6.03. The maximum absolute atomic E-state index is 12.8. The van der Waals surface area contributed by atoms with Crippen molar-refractivity contribution < 1.29 is 46.1 Å². The second-order valence-electron chi connectivity index (χ2n) is 4.98. The second kappa shape index (κ2) is 6.90. The van der Waals surface area contributed by atoms with Gasteiger partial charge in [-0.2, -0.15) is 26.3 Å². The van der Waals surface area contributed by atoms with Crippen LogP contribution in [0.15, 0.2) is 24.3 Å². The number of carbonyl (C=O) groups is 2. The summed E-state index contributed by atoms with van der Waals surface area (Å²) >= 11 is 0. The van der Waals surface area contributed by atoms with E-state index >= 15 is 0 Å². The molecule has 0 spiro atoms. The van der Waals surface area contributed by atoms with Gasteiger partial charge in [0.15, 0.2) is 0 Å². The Morgan fingerprint density at radius 3 is 1.76 bits per heavy atom. The van der Waals surface area contributed by atoms with Gasteiger partial charge >= 0.3 is 18.3 Å². The molecule has 1 rings (SSSR count). The van der Waals surface area contributed by atoms with E-state index < -0.39 is 41.9 Å². The number of amides is 1. The highest BCUT2D eigenvalue weighted by Crippen LogP contribution is 2.50. The smallest absolute Gasteiger partial charge is 0.430 e. The second-order valence-corrected chi connectivity index (χ2v) is 4.98. The molecule has 2 N–H and O–H groups in total. The van der Waals surface area contributed by atoms with Gasteiger partial charge in [0.1, 0.15) is 6.54 Å². The fourth-order valence-electron chi connectivity index (χ4n) is 2.02. The summed E-state index contributed by atoms with van der Waals surface area (Å²) in [6, 6.07) is 2.09. The number of aliphatic hydroxyl groups is 1. The van der Waals surface area contributed by atoms with Gasteiger partial charge in [-0.1, -0.05) is 19.1 Å². The van der Waals surface area contributed by atoms with Gasteiger partial charge in [-0.15, -0.1) is 0 Å². The summed E-state index contributed by atoms with van der Waals surface area (Å²) in [6.07, 6.45) is -12.2. The molecule has 0 heterocycles. The van der Waals surface area contributed by atoms with Crippen molar-refractivity contribution in [2.75, 3.05) is 11.4 Å². The third-order valence-electron chi connectivity index (χ3n) is 3.31. The van der Waals surface area contributed by atoms with Crippen molar-refractivity contribution in [3.63, 3.8) is 0 Å². The summed E-state index contributed by atoms with van der Waals surface area (Å²) in [5, 5.41) is 18.0. The third kappa shape index (κ3) is 4.03. The van der Waals surface area contributed by atoms with Crippen molar-refractivity contribution in [1.29, 1.82) is 0 Å². The zero-order chi connectivity index (χ0) is 19.6. The van der Waals surface area contributed by atoms with Crippen LogP contribution in [0.4, 0.5) is 32.0 Å². The molecule has 0 unspecified atom stereocenters. The lowest BCUT2D eigenvalue weighted by atomic mass is 9.92. The van der Waals surface area contributed by atoms with E-state index in [9.17, 15) is 41.0 Å². The minimum absolute atomic E-state index is 0.135. The van der Waals surface area contributed by atoms with Crippen molar-refractivity contribution >= 4 is 17.6 Å². The van der Waals surface area contributed by atoms with E-state index in [2.05, 4.69) is 0 Å². The zero-order valence-electron chi connectivity index (χ0n) is 12.6. The van der Waals surface area contributed by atoms with Gasteiger partial charge < -0.3 is 15.1 Å². The number of benzene rings is 1. The first-order valence-electron chi connectivity index (χ1n) is 6.74. The van der Waals surface area contributed by atoms with Gasteiger partial charge in [0.25, 0.3) is 5.60 Å². The van der Waals surface area contributed by atoms with Gasteiger partial charge in [0.05, 0.1) is 0 Å². The number of aliphatic carboxylic acids is 1. The van der Waals surface area contributed by atoms with Gasteiger partial charge in [-0.25, -0.2) is 0 Å². The predicted octanol–water partition coefficient (Wildman–Crippen LogP) is 2.83. The Labute approximate surface area is 137 Å². The van der Waals surface area contributed by atoms with Crippen molar-refractivity contribution in [1.82, 2.24) is 0 Å². The monoisotopic (exact) mass is 373 g/mol. The quantitative estimate of drug-likeness (QED) is 0.779. The maximum Gasteiger partial charge on any atom is 0.430 e. The summed E-state index contributed by atoms with van der Waals surface area (Å²) in [7, 11) is 0. The Morgan fingerprint density at radius 1 is 1.00 bits per heavy atom. The average molecular weight is 373 g/mol. The first-order valence-corrected chi connectivity index (χ1v) is 6.74. The molecular formula is C14H13F6NO4. The molecule has 1 aromatic rings. The van der Waals surface area contributed by atoms with Crippen LogP contribution >= 0.6 is 0 Å². The van der Waals surface area contributed by atoms with E-state index in [0.717, 1.165) is 0 Å². The van der Waals surface area contributed by atoms with E-state index in [1.807, 2.05) is 0 Å². The number of hydrogen-bond donors (Lipinski definition) is 2. The first kappa shape index (κ1) is 20.7. The number of rotatable bonds is 5. The van der Waals surface area contributed by atoms with Crippen LogP contribution in [0.1, 0.15) is 18.9 Å². The Morgan fingerprint density at radius 2 is 1.44 bits per heavy atom. The number of nitrogens with zero attached hydrogens (tertiary/aromatic N) is 1. The Bertz CT molecular complexity index is 624. The minimum Gasteiger partial charge on any atom is -0.480 e. The van der Waals surface area contributed by atoms with E-state index in [-0.39, 0.29) is 12.1 Å². The van der Waals surface area contributed by atoms with Crippen LogP contribution in [0.2, 0.25) is 0 Å². The molecule has 0 aromatic heterocycles. The predicted molar refractivity (Wildman–Crippen MR) is 72.7 cm³/mol. The van der Waals surface area contributed by atoms with E-state index in [1.54, 1.807) is 0 Å². The topological polar surface area (TPSA) is 77.8 Å². The van der Waals surface area contributed by atoms with E-state index in [4.69, 9.17) is 5.11 Å². The molecular weight excluding hydrogens is 360 g/mol. The molecule has 140 valence electrons. The number of alkyl halides is 6. The third-order valence-corrected chi connectivity index (χ3v) is 3.31. The highest BCUT2D eigenvalue weighted by atomic mass is 19.4. The van der Waals surface area contributed by atoms with Gasteiger partial charge in [0, 0.05) is 17.7 Å². The molecule has 0 bridgehead atoms. The van der Waals surface area contributed by atoms with Gasteiger partial charge in [-0.05, 0) is 12.1 Å². The van der Waals surface area contributed by atoms with Crippen LogP contribution in [0.5, 0.6) is 0 Å². The Hall–Kier alpha value is -2.30. The number of carboxylic acid groups (broad SMARTS) is 1. The molecule has 0 atom stereocenters. The molecule has 0 saturated heterocycles. The zero-order valence-corrected chi connectivity index (χ0v) is 12.6. The summed E-state index contributed by atoms with van der Waals surface area (Å²) in [6.45, 7) is 0.576. The number of carboxylic acids is 1. The number of anilines is 1. The van der Waals surface area contributed by atoms with E-state index in [0.29, 0.717) is 29.2 Å². The van der Waals surface area contributed by atoms with Crippen LogP contribution in [0, 0.1) is 0 Å². The maximum atomic E-state index is 12.8. The van der Waals surface area contributed by atoms with Crippen LogP contribution < -0.4 is 4.90 Å². The Kier molecular flexibility index (Phi) is 5.73. The normalized spacial score (nSPS) is 12.8. The van der Waals surface area contributed by atoms with Crippen LogP contribution in [-0.2, 0) is 15.2 Å². The number of hydrogen-bond acceptors (Lipinski definition) is 3. The van der Waals surface area contributed by atoms with Crippen molar-refractivity contribution in [3.05, 3.63) is 29.8 Å². The van der Waals surface area contributed by atoms with Gasteiger partial charge in [0.2, 0.25) is 5.91 Å². The molecule has 0 fully saturated rings. The van der Waals surface area contributed by atoms with Crippen molar-refractivity contribution in [2.45, 2.75) is 31.3 Å². The van der Waals surface area contributed by atoms with Crippen molar-refractivity contribution in [2.24, 2.45) is 0 Å². The highest BCUT2D eigenvalue weighted by molar-refractivity contribution is 5.97. The lowest BCUT2D eigenvalue weighted by Gasteiger charge is -2.33. The summed E-state index contributed by atoms with van der Waals surface area (Å²) in [5.41, 5.74) is -6.81. The number of halogens is 6. The average Bonchev–Trinajstić information content (AvgIpc) is 2.49. The van der Waals surface area contributed by atoms with E-state index in [1.165, 1.54) is 6.92 Å². The molecule has 25 heavy (non-hydrogen) atoms. The highest BCUT2D eigenvalue weighted by Gasteiger charge is 2.71. The van der Waals surface area contributed by atoms with Crippen LogP contribution in [0.3, 0.4) is 0 Å². The SMILES string of the molecule is CCC(=O)N(CC(=O)O)c1ccc(C(O)(C(F)(F)F)C(F)(F)F)cc1. The number of carbonyl (C=O) groups excluding carboxylic acids is 1. The lowest BCUT2D eigenvalue weighted by molar-refractivity contribution is -0.376. The molecule has 0 saturated carbocycles. The standard InChI is InChI=1S/C14H13F6NO4/c1-2-10(22)21(7-11(23)24)9-5-3-8(4-6-9)12(25,13(15,16)17)14(18,19)20/h3-6,25H,2,7H2,1H3,(H,23,24). The molecule has 1 amide bonds. The summed E-state index contributed by atoms with van der Waals surface area (Å²) in [5.74, 6) is -2.12. The molecule has 5 nitrogen and oxygen atoms in total. The van der Waals surface area contributed by atoms with Crippen LogP contribution in [-0.4, -0.2) is 41.0 Å². The Balaban J connectivity index is 3.36. The molecule has 1 aromatic carbocycles. The fraction of sp³-hybridized carbons (Fsp3) is 0.429. The summed E-state index contributed by atoms with van der Waals surface area (Å²) in [4.78, 5) is 23.1. The lowest BCUT2D eigenvalue weighted by Crippen LogP contribution is -2.53. The molecule has 0 aliphatic heterocycles. The fourth-order valence-corrected chi connectivity index (χ4v) is 2.02. The first-order chi connectivity index (χ1) is 11.3.